The highest BCUT2D eigenvalue weighted by atomic mass is 32.1. The second kappa shape index (κ2) is 7.43. The van der Waals surface area contributed by atoms with Crippen LogP contribution < -0.4 is 5.32 Å². The van der Waals surface area contributed by atoms with Gasteiger partial charge in [-0.2, -0.15) is 0 Å². The monoisotopic (exact) mass is 367 g/mol. The standard InChI is InChI=1S/C20H21N3O2S/c1-14-6-8-15(9-7-14)16-12-20(25-22-16)21-19(24)13-23-10-2-4-17(23)18-5-3-11-26-18/h3,5-9,11-12,17H,2,4,10,13H2,1H3,(H,21,24)/t17-/m0/s1. The first-order chi connectivity index (χ1) is 12.7. The van der Waals surface area contributed by atoms with E-state index in [1.54, 1.807) is 17.4 Å². The van der Waals surface area contributed by atoms with Crippen LogP contribution in [0.2, 0.25) is 0 Å². The average molecular weight is 367 g/mol. The minimum atomic E-state index is -0.0694. The Kier molecular flexibility index (Phi) is 4.86. The number of hydrogen-bond acceptors (Lipinski definition) is 5. The molecule has 134 valence electrons. The lowest BCUT2D eigenvalue weighted by molar-refractivity contribution is -0.117. The van der Waals surface area contributed by atoms with Crippen molar-refractivity contribution < 1.29 is 9.32 Å². The number of rotatable bonds is 5. The van der Waals surface area contributed by atoms with E-state index in [9.17, 15) is 4.79 Å². The first kappa shape index (κ1) is 17.0. The van der Waals surface area contributed by atoms with Crippen LogP contribution in [0.15, 0.2) is 52.4 Å². The molecule has 0 aliphatic carbocycles. The molecular weight excluding hydrogens is 346 g/mol. The molecule has 1 atom stereocenters. The van der Waals surface area contributed by atoms with E-state index < -0.39 is 0 Å². The van der Waals surface area contributed by atoms with Crippen LogP contribution in [-0.4, -0.2) is 29.1 Å². The normalized spacial score (nSPS) is 17.5. The molecule has 1 saturated heterocycles. The Morgan fingerprint density at radius 2 is 2.19 bits per heavy atom. The first-order valence-electron chi connectivity index (χ1n) is 8.80. The molecule has 0 saturated carbocycles. The summed E-state index contributed by atoms with van der Waals surface area (Å²) in [5.41, 5.74) is 2.88. The largest absolute Gasteiger partial charge is 0.338 e. The summed E-state index contributed by atoms with van der Waals surface area (Å²) in [7, 11) is 0. The molecule has 1 aromatic carbocycles. The van der Waals surface area contributed by atoms with Crippen molar-refractivity contribution in [1.82, 2.24) is 10.1 Å². The SMILES string of the molecule is Cc1ccc(-c2cc(NC(=O)CN3CCC[C@H]3c3cccs3)on2)cc1. The zero-order valence-corrected chi connectivity index (χ0v) is 15.5. The Hall–Kier alpha value is -2.44. The maximum atomic E-state index is 12.4. The molecule has 0 spiro atoms. The Morgan fingerprint density at radius 3 is 2.96 bits per heavy atom. The zero-order valence-electron chi connectivity index (χ0n) is 14.6. The number of carbonyl (C=O) groups excluding carboxylic acids is 1. The highest BCUT2D eigenvalue weighted by Crippen LogP contribution is 2.34. The third-order valence-corrected chi connectivity index (χ3v) is 5.68. The van der Waals surface area contributed by atoms with Crippen molar-refractivity contribution in [2.75, 3.05) is 18.4 Å². The molecular formula is C20H21N3O2S. The van der Waals surface area contributed by atoms with Gasteiger partial charge >= 0.3 is 0 Å². The quantitative estimate of drug-likeness (QED) is 0.722. The van der Waals surface area contributed by atoms with Crippen LogP contribution >= 0.6 is 11.3 Å². The summed E-state index contributed by atoms with van der Waals surface area (Å²) < 4.78 is 5.29. The van der Waals surface area contributed by atoms with E-state index in [2.05, 4.69) is 32.9 Å². The maximum absolute atomic E-state index is 12.4. The van der Waals surface area contributed by atoms with E-state index in [4.69, 9.17) is 4.52 Å². The van der Waals surface area contributed by atoms with E-state index in [1.807, 2.05) is 31.2 Å². The summed E-state index contributed by atoms with van der Waals surface area (Å²) in [4.78, 5) is 16.0. The smallest absolute Gasteiger partial charge is 0.240 e. The molecule has 5 nitrogen and oxygen atoms in total. The van der Waals surface area contributed by atoms with Crippen LogP contribution in [-0.2, 0) is 4.79 Å². The maximum Gasteiger partial charge on any atom is 0.240 e. The van der Waals surface area contributed by atoms with Crippen molar-refractivity contribution in [2.45, 2.75) is 25.8 Å². The molecule has 3 aromatic rings. The highest BCUT2D eigenvalue weighted by Gasteiger charge is 2.28. The minimum absolute atomic E-state index is 0.0694. The molecule has 1 aliphatic rings. The van der Waals surface area contributed by atoms with Crippen molar-refractivity contribution in [3.05, 3.63) is 58.3 Å². The Labute approximate surface area is 156 Å². The molecule has 0 radical (unpaired) electrons. The minimum Gasteiger partial charge on any atom is -0.338 e. The van der Waals surface area contributed by atoms with Gasteiger partial charge in [-0.25, -0.2) is 0 Å². The Bertz CT molecular complexity index is 871. The predicted molar refractivity (Wildman–Crippen MR) is 103 cm³/mol. The fraction of sp³-hybridized carbons (Fsp3) is 0.300. The number of nitrogens with one attached hydrogen (secondary N) is 1. The lowest BCUT2D eigenvalue weighted by Gasteiger charge is -2.22. The van der Waals surface area contributed by atoms with E-state index >= 15 is 0 Å². The van der Waals surface area contributed by atoms with Crippen LogP contribution in [0.1, 0.15) is 29.3 Å². The average Bonchev–Trinajstić information content (AvgIpc) is 3.36. The fourth-order valence-electron chi connectivity index (χ4n) is 3.37. The van der Waals surface area contributed by atoms with Gasteiger partial charge in [0, 0.05) is 22.5 Å². The summed E-state index contributed by atoms with van der Waals surface area (Å²) in [6.45, 7) is 3.35. The topological polar surface area (TPSA) is 58.4 Å². The third kappa shape index (κ3) is 3.71. The van der Waals surface area contributed by atoms with E-state index in [0.717, 1.165) is 30.6 Å². The van der Waals surface area contributed by atoms with Gasteiger partial charge in [-0.1, -0.05) is 41.1 Å². The van der Waals surface area contributed by atoms with Crippen LogP contribution in [0, 0.1) is 6.92 Å². The van der Waals surface area contributed by atoms with Gasteiger partial charge in [0.15, 0.2) is 0 Å². The van der Waals surface area contributed by atoms with Gasteiger partial charge in [0.25, 0.3) is 0 Å². The number of thiophene rings is 1. The molecule has 1 fully saturated rings. The number of aryl methyl sites for hydroxylation is 1. The molecule has 0 unspecified atom stereocenters. The van der Waals surface area contributed by atoms with Crippen molar-refractivity contribution in [3.8, 4) is 11.3 Å². The summed E-state index contributed by atoms with van der Waals surface area (Å²) in [6.07, 6.45) is 2.23. The third-order valence-electron chi connectivity index (χ3n) is 4.70. The molecule has 1 amide bonds. The number of nitrogens with zero attached hydrogens (tertiary/aromatic N) is 2. The fourth-order valence-corrected chi connectivity index (χ4v) is 4.27. The van der Waals surface area contributed by atoms with Crippen molar-refractivity contribution in [3.63, 3.8) is 0 Å². The summed E-state index contributed by atoms with van der Waals surface area (Å²) in [6, 6.07) is 14.4. The van der Waals surface area contributed by atoms with Crippen molar-refractivity contribution in [1.29, 1.82) is 0 Å². The summed E-state index contributed by atoms with van der Waals surface area (Å²) in [5, 5.41) is 8.98. The number of hydrogen-bond donors (Lipinski definition) is 1. The second-order valence-electron chi connectivity index (χ2n) is 6.63. The first-order valence-corrected chi connectivity index (χ1v) is 9.68. The van der Waals surface area contributed by atoms with Crippen molar-refractivity contribution >= 4 is 23.1 Å². The lowest BCUT2D eigenvalue weighted by Crippen LogP contribution is -2.32. The molecule has 1 N–H and O–H groups in total. The Balaban J connectivity index is 1.38. The molecule has 4 rings (SSSR count). The van der Waals surface area contributed by atoms with E-state index in [1.165, 1.54) is 10.4 Å². The van der Waals surface area contributed by atoms with Gasteiger partial charge in [0.2, 0.25) is 11.8 Å². The van der Waals surface area contributed by atoms with Crippen LogP contribution in [0.4, 0.5) is 5.88 Å². The van der Waals surface area contributed by atoms with E-state index in [0.29, 0.717) is 18.5 Å². The summed E-state index contributed by atoms with van der Waals surface area (Å²) >= 11 is 1.76. The molecule has 1 aliphatic heterocycles. The van der Waals surface area contributed by atoms with Crippen LogP contribution in [0.25, 0.3) is 11.3 Å². The molecule has 26 heavy (non-hydrogen) atoms. The number of benzene rings is 1. The zero-order chi connectivity index (χ0) is 17.9. The van der Waals surface area contributed by atoms with Gasteiger partial charge < -0.3 is 4.52 Å². The number of amides is 1. The number of aromatic nitrogens is 1. The van der Waals surface area contributed by atoms with Gasteiger partial charge in [-0.15, -0.1) is 11.3 Å². The van der Waals surface area contributed by atoms with Crippen LogP contribution in [0.5, 0.6) is 0 Å². The van der Waals surface area contributed by atoms with Gasteiger partial charge in [-0.3, -0.25) is 15.0 Å². The number of anilines is 1. The molecule has 2 aromatic heterocycles. The molecule has 3 heterocycles. The van der Waals surface area contributed by atoms with Gasteiger partial charge in [0.05, 0.1) is 6.54 Å². The van der Waals surface area contributed by atoms with Gasteiger partial charge in [-0.05, 0) is 37.8 Å². The van der Waals surface area contributed by atoms with Gasteiger partial charge in [0.1, 0.15) is 5.69 Å². The molecule has 0 bridgehead atoms. The number of carbonyl (C=O) groups is 1. The van der Waals surface area contributed by atoms with E-state index in [-0.39, 0.29) is 5.91 Å². The van der Waals surface area contributed by atoms with Crippen molar-refractivity contribution in [2.24, 2.45) is 0 Å². The second-order valence-corrected chi connectivity index (χ2v) is 7.61. The lowest BCUT2D eigenvalue weighted by atomic mass is 10.1. The van der Waals surface area contributed by atoms with Crippen LogP contribution in [0.3, 0.4) is 0 Å². The summed E-state index contributed by atoms with van der Waals surface area (Å²) in [5.74, 6) is 0.317. The molecule has 6 heteroatoms. The highest BCUT2D eigenvalue weighted by molar-refractivity contribution is 7.10. The number of likely N-dealkylation sites (tertiary alicyclic amines) is 1. The predicted octanol–water partition coefficient (Wildman–Crippen LogP) is 4.49. The Morgan fingerprint density at radius 1 is 1.35 bits per heavy atom.